The molecule has 3 aliphatic rings. The van der Waals surface area contributed by atoms with Crippen molar-refractivity contribution in [2.75, 3.05) is 6.61 Å². The van der Waals surface area contributed by atoms with Crippen LogP contribution in [-0.2, 0) is 19.1 Å². The van der Waals surface area contributed by atoms with E-state index < -0.39 is 0 Å². The zero-order chi connectivity index (χ0) is 20.5. The third-order valence-electron chi connectivity index (χ3n) is 7.52. The predicted octanol–water partition coefficient (Wildman–Crippen LogP) is 5.02. The van der Waals surface area contributed by atoms with Crippen molar-refractivity contribution in [2.45, 2.75) is 84.8 Å². The van der Waals surface area contributed by atoms with E-state index in [1.54, 1.807) is 0 Å². The minimum Gasteiger partial charge on any atom is -0.463 e. The van der Waals surface area contributed by atoms with E-state index in [2.05, 4.69) is 39.8 Å². The van der Waals surface area contributed by atoms with Gasteiger partial charge in [-0.2, -0.15) is 0 Å². The van der Waals surface area contributed by atoms with Crippen molar-refractivity contribution in [2.24, 2.45) is 23.2 Å². The molecule has 2 aliphatic carbocycles. The van der Waals surface area contributed by atoms with Crippen molar-refractivity contribution in [1.82, 2.24) is 0 Å². The van der Waals surface area contributed by atoms with Crippen LogP contribution in [0.5, 0.6) is 0 Å². The molecule has 0 aromatic rings. The third-order valence-corrected chi connectivity index (χ3v) is 7.52. The Bertz CT molecular complexity index is 678. The number of ketones is 1. The average Bonchev–Trinajstić information content (AvgIpc) is 2.62. The van der Waals surface area contributed by atoms with Gasteiger partial charge in [-0.05, 0) is 68.8 Å². The molecule has 1 saturated carbocycles. The summed E-state index contributed by atoms with van der Waals surface area (Å²) in [4.78, 5) is 23.7. The number of esters is 1. The molecule has 3 rings (SSSR count). The van der Waals surface area contributed by atoms with Crippen molar-refractivity contribution in [3.05, 3.63) is 23.8 Å². The van der Waals surface area contributed by atoms with Gasteiger partial charge in [-0.1, -0.05) is 38.5 Å². The second-order valence-electron chi connectivity index (χ2n) is 9.60. The van der Waals surface area contributed by atoms with Gasteiger partial charge in [-0.3, -0.25) is 9.59 Å². The van der Waals surface area contributed by atoms with Gasteiger partial charge in [0.1, 0.15) is 6.61 Å². The molecular weight excluding hydrogens is 352 g/mol. The number of allylic oxidation sites excluding steroid dienone is 2. The van der Waals surface area contributed by atoms with Gasteiger partial charge in [0.05, 0.1) is 11.7 Å². The SMILES string of the molecule is CCC1C(=O)C=C2CC(CC3(C)C=CCC(COC(C)=O)O3)CCC2(C)C1C. The molecule has 0 N–H and O–H groups in total. The number of ether oxygens (including phenoxy) is 2. The van der Waals surface area contributed by atoms with Crippen LogP contribution < -0.4 is 0 Å². The summed E-state index contributed by atoms with van der Waals surface area (Å²) in [6.07, 6.45) is 12.2. The molecule has 4 heteroatoms. The normalized spacial score (nSPS) is 40.6. The summed E-state index contributed by atoms with van der Waals surface area (Å²) < 4.78 is 11.5. The van der Waals surface area contributed by atoms with Gasteiger partial charge in [0.15, 0.2) is 5.78 Å². The lowest BCUT2D eigenvalue weighted by Crippen LogP contribution is -2.44. The van der Waals surface area contributed by atoms with Gasteiger partial charge < -0.3 is 9.47 Å². The van der Waals surface area contributed by atoms with Crippen LogP contribution in [0.15, 0.2) is 23.8 Å². The van der Waals surface area contributed by atoms with E-state index in [0.717, 1.165) is 32.1 Å². The number of hydrogen-bond acceptors (Lipinski definition) is 4. The van der Waals surface area contributed by atoms with Crippen LogP contribution in [0.4, 0.5) is 0 Å². The lowest BCUT2D eigenvalue weighted by atomic mass is 9.55. The van der Waals surface area contributed by atoms with Crippen LogP contribution >= 0.6 is 0 Å². The van der Waals surface area contributed by atoms with Gasteiger partial charge in [0.25, 0.3) is 0 Å². The van der Waals surface area contributed by atoms with E-state index in [4.69, 9.17) is 9.47 Å². The maximum absolute atomic E-state index is 12.6. The largest absolute Gasteiger partial charge is 0.463 e. The third kappa shape index (κ3) is 4.27. The Hall–Kier alpha value is -1.42. The molecule has 6 atom stereocenters. The Morgan fingerprint density at radius 1 is 1.36 bits per heavy atom. The number of hydrogen-bond donors (Lipinski definition) is 0. The summed E-state index contributed by atoms with van der Waals surface area (Å²) in [7, 11) is 0. The molecule has 0 aromatic carbocycles. The van der Waals surface area contributed by atoms with E-state index >= 15 is 0 Å². The molecule has 28 heavy (non-hydrogen) atoms. The van der Waals surface area contributed by atoms with E-state index in [-0.39, 0.29) is 29.0 Å². The fourth-order valence-electron chi connectivity index (χ4n) is 5.69. The van der Waals surface area contributed by atoms with E-state index in [1.165, 1.54) is 18.9 Å². The molecule has 0 amide bonds. The fraction of sp³-hybridized carbons (Fsp3) is 0.750. The van der Waals surface area contributed by atoms with Crippen LogP contribution in [0.1, 0.15) is 73.1 Å². The van der Waals surface area contributed by atoms with Gasteiger partial charge in [-0.15, -0.1) is 0 Å². The smallest absolute Gasteiger partial charge is 0.302 e. The van der Waals surface area contributed by atoms with Gasteiger partial charge in [-0.25, -0.2) is 0 Å². The summed E-state index contributed by atoms with van der Waals surface area (Å²) >= 11 is 0. The molecular formula is C24H36O4. The summed E-state index contributed by atoms with van der Waals surface area (Å²) in [6, 6.07) is 0. The van der Waals surface area contributed by atoms with Crippen LogP contribution in [-0.4, -0.2) is 30.1 Å². The zero-order valence-electron chi connectivity index (χ0n) is 18.1. The molecule has 4 nitrogen and oxygen atoms in total. The second-order valence-corrected chi connectivity index (χ2v) is 9.60. The molecule has 0 saturated heterocycles. The first kappa shape index (κ1) is 21.3. The molecule has 0 spiro atoms. The monoisotopic (exact) mass is 388 g/mol. The van der Waals surface area contributed by atoms with Gasteiger partial charge in [0.2, 0.25) is 0 Å². The van der Waals surface area contributed by atoms with Crippen LogP contribution in [0.25, 0.3) is 0 Å². The molecule has 1 aliphatic heterocycles. The van der Waals surface area contributed by atoms with E-state index in [9.17, 15) is 9.59 Å². The highest BCUT2D eigenvalue weighted by atomic mass is 16.6. The maximum atomic E-state index is 12.6. The average molecular weight is 389 g/mol. The number of carbonyl (C=O) groups excluding carboxylic acids is 2. The second kappa shape index (κ2) is 8.14. The van der Waals surface area contributed by atoms with E-state index in [1.807, 2.05) is 6.08 Å². The topological polar surface area (TPSA) is 52.6 Å². The zero-order valence-corrected chi connectivity index (χ0v) is 18.1. The van der Waals surface area contributed by atoms with Crippen LogP contribution in [0, 0.1) is 23.2 Å². The maximum Gasteiger partial charge on any atom is 0.302 e. The van der Waals surface area contributed by atoms with Crippen molar-refractivity contribution in [3.63, 3.8) is 0 Å². The van der Waals surface area contributed by atoms with Crippen LogP contribution in [0.2, 0.25) is 0 Å². The highest BCUT2D eigenvalue weighted by Crippen LogP contribution is 2.54. The molecule has 1 fully saturated rings. The molecule has 156 valence electrons. The Kier molecular flexibility index (Phi) is 6.19. The van der Waals surface area contributed by atoms with Crippen molar-refractivity contribution >= 4 is 11.8 Å². The summed E-state index contributed by atoms with van der Waals surface area (Å²) in [5, 5.41) is 0. The molecule has 0 radical (unpaired) electrons. The minimum absolute atomic E-state index is 0.0754. The van der Waals surface area contributed by atoms with Gasteiger partial charge >= 0.3 is 5.97 Å². The first-order valence-electron chi connectivity index (χ1n) is 10.9. The van der Waals surface area contributed by atoms with Crippen molar-refractivity contribution in [3.8, 4) is 0 Å². The quantitative estimate of drug-likeness (QED) is 0.490. The lowest BCUT2D eigenvalue weighted by molar-refractivity contribution is -0.151. The summed E-state index contributed by atoms with van der Waals surface area (Å²) in [5.41, 5.74) is 1.18. The molecule has 1 heterocycles. The molecule has 0 aromatic heterocycles. The number of carbonyl (C=O) groups is 2. The Morgan fingerprint density at radius 2 is 2.11 bits per heavy atom. The van der Waals surface area contributed by atoms with Crippen molar-refractivity contribution < 1.29 is 19.1 Å². The van der Waals surface area contributed by atoms with E-state index in [0.29, 0.717) is 24.2 Å². The predicted molar refractivity (Wildman–Crippen MR) is 110 cm³/mol. The summed E-state index contributed by atoms with van der Waals surface area (Å²) in [6.45, 7) is 10.6. The Labute approximate surface area is 169 Å². The minimum atomic E-state index is -0.335. The Balaban J connectivity index is 1.67. The first-order valence-corrected chi connectivity index (χ1v) is 10.9. The van der Waals surface area contributed by atoms with Crippen molar-refractivity contribution in [1.29, 1.82) is 0 Å². The van der Waals surface area contributed by atoms with Gasteiger partial charge in [0, 0.05) is 12.8 Å². The fourth-order valence-corrected chi connectivity index (χ4v) is 5.69. The molecule has 0 bridgehead atoms. The summed E-state index contributed by atoms with van der Waals surface area (Å²) in [5.74, 6) is 1.17. The van der Waals surface area contributed by atoms with Crippen LogP contribution in [0.3, 0.4) is 0 Å². The number of fused-ring (bicyclic) bond motifs is 1. The standard InChI is InChI=1S/C24H36O4/c1-6-21-16(2)24(5)11-9-18(12-19(24)13-22(21)26)14-23(4)10-7-8-20(28-23)15-27-17(3)25/h7,10,13,16,18,20-21H,6,8-9,11-12,14-15H2,1-5H3. The highest BCUT2D eigenvalue weighted by molar-refractivity contribution is 5.94. The molecule has 6 unspecified atom stereocenters. The first-order chi connectivity index (χ1) is 13.2. The number of rotatable bonds is 5. The highest BCUT2D eigenvalue weighted by Gasteiger charge is 2.47. The Morgan fingerprint density at radius 3 is 2.79 bits per heavy atom. The lowest BCUT2D eigenvalue weighted by Gasteiger charge is -2.50.